The third-order valence-electron chi connectivity index (χ3n) is 8.45. The van der Waals surface area contributed by atoms with Crippen LogP contribution in [-0.4, -0.2) is 49.2 Å². The fraction of sp³-hybridized carbons (Fsp3) is 0.452. The highest BCUT2D eigenvalue weighted by molar-refractivity contribution is 6.74. The number of pyridine rings is 2. The van der Waals surface area contributed by atoms with Crippen molar-refractivity contribution in [1.29, 1.82) is 0 Å². The number of aromatic nitrogens is 2. The highest BCUT2D eigenvalue weighted by Crippen LogP contribution is 2.41. The first kappa shape index (κ1) is 32.4. The van der Waals surface area contributed by atoms with Gasteiger partial charge in [0.05, 0.1) is 24.8 Å². The molecular weight excluding hydrogens is 577 g/mol. The number of nitrogens with zero attached hydrogens (tertiary/aromatic N) is 3. The largest absolute Gasteiger partial charge is 0.619 e. The van der Waals surface area contributed by atoms with Gasteiger partial charge in [0.25, 0.3) is 5.92 Å². The number of nitrogens with one attached hydrogen (secondary N) is 1. The minimum atomic E-state index is -2.96. The number of carbonyl (C=O) groups excluding carboxylic acids is 1. The Bertz CT molecular complexity index is 1420. The number of likely N-dealkylation sites (tertiary alicyclic amines) is 1. The second-order valence-electron chi connectivity index (χ2n) is 12.5. The van der Waals surface area contributed by atoms with Crippen LogP contribution < -0.4 is 14.8 Å². The first-order valence-electron chi connectivity index (χ1n) is 14.2. The van der Waals surface area contributed by atoms with Crippen molar-refractivity contribution in [3.8, 4) is 11.5 Å². The van der Waals surface area contributed by atoms with Crippen molar-refractivity contribution in [3.05, 3.63) is 83.2 Å². The highest BCUT2D eigenvalue weighted by atomic mass is 28.4. The number of piperidine rings is 1. The van der Waals surface area contributed by atoms with E-state index in [0.29, 0.717) is 27.4 Å². The zero-order valence-corrected chi connectivity index (χ0v) is 26.4. The third kappa shape index (κ3) is 7.92. The van der Waals surface area contributed by atoms with Gasteiger partial charge in [-0.3, -0.25) is 9.69 Å². The van der Waals surface area contributed by atoms with E-state index in [0.717, 1.165) is 0 Å². The molecule has 1 N–H and O–H groups in total. The van der Waals surface area contributed by atoms with Crippen molar-refractivity contribution in [2.45, 2.75) is 76.7 Å². The molecule has 1 amide bonds. The molecule has 0 aliphatic carbocycles. The number of anilines is 1. The fourth-order valence-corrected chi connectivity index (χ4v) is 5.51. The molecule has 232 valence electrons. The summed E-state index contributed by atoms with van der Waals surface area (Å²) in [7, 11) is -2.08. The number of benzene rings is 1. The Morgan fingerprint density at radius 2 is 1.91 bits per heavy atom. The lowest BCUT2D eigenvalue weighted by atomic mass is 9.87. The Hall–Kier alpha value is -3.48. The zero-order valence-electron chi connectivity index (χ0n) is 25.4. The van der Waals surface area contributed by atoms with Crippen molar-refractivity contribution in [2.24, 2.45) is 0 Å². The lowest BCUT2D eigenvalue weighted by Crippen LogP contribution is -2.52. The van der Waals surface area contributed by atoms with Crippen LogP contribution in [0.1, 0.15) is 51.2 Å². The van der Waals surface area contributed by atoms with Gasteiger partial charge >= 0.3 is 0 Å². The number of alkyl halides is 2. The van der Waals surface area contributed by atoms with E-state index < -0.39 is 38.4 Å². The summed E-state index contributed by atoms with van der Waals surface area (Å²) in [5.74, 6) is -3.79. The molecule has 2 aromatic heterocycles. The number of amides is 1. The predicted octanol–water partition coefficient (Wildman–Crippen LogP) is 6.62. The van der Waals surface area contributed by atoms with Gasteiger partial charge in [-0.25, -0.2) is 18.2 Å². The van der Waals surface area contributed by atoms with Gasteiger partial charge in [-0.1, -0.05) is 20.8 Å². The number of hydrogen-bond donors (Lipinski definition) is 1. The van der Waals surface area contributed by atoms with Crippen molar-refractivity contribution < 1.29 is 31.9 Å². The maximum Gasteiger partial charge on any atom is 0.257 e. The average molecular weight is 617 g/mol. The van der Waals surface area contributed by atoms with Crippen LogP contribution in [0.25, 0.3) is 0 Å². The van der Waals surface area contributed by atoms with Gasteiger partial charge in [0, 0.05) is 37.2 Å². The first-order chi connectivity index (χ1) is 20.1. The fourth-order valence-electron chi connectivity index (χ4n) is 4.56. The maximum absolute atomic E-state index is 14.8. The molecule has 0 spiro atoms. The summed E-state index contributed by atoms with van der Waals surface area (Å²) < 4.78 is 56.4. The standard InChI is InChI=1S/C31H39F3N4O4Si/c1-21(37-16-13-31(33,34)26(19-37)22-11-14-38(40)15-12-22)29(39)36-28-10-8-25(18-35-28)42-27-9-7-24(32)17-23(27)20-41-43(5,6)30(2,3)4/h7-12,14-15,17-18,21,26H,13,16,19-20H2,1-6H3,(H,35,36,39)/t21?,26-/m1/s1. The van der Waals surface area contributed by atoms with E-state index in [1.165, 1.54) is 42.9 Å². The van der Waals surface area contributed by atoms with Gasteiger partial charge < -0.3 is 19.7 Å². The van der Waals surface area contributed by atoms with Gasteiger partial charge in [0.2, 0.25) is 5.91 Å². The summed E-state index contributed by atoms with van der Waals surface area (Å²) in [6, 6.07) is 9.54. The smallest absolute Gasteiger partial charge is 0.257 e. The molecule has 3 aromatic rings. The molecule has 3 heterocycles. The second-order valence-corrected chi connectivity index (χ2v) is 17.3. The van der Waals surface area contributed by atoms with E-state index in [1.54, 1.807) is 30.0 Å². The number of rotatable bonds is 9. The van der Waals surface area contributed by atoms with Gasteiger partial charge in [-0.15, -0.1) is 0 Å². The Morgan fingerprint density at radius 1 is 1.21 bits per heavy atom. The van der Waals surface area contributed by atoms with Crippen molar-refractivity contribution in [2.75, 3.05) is 18.4 Å². The Kier molecular flexibility index (Phi) is 9.53. The van der Waals surface area contributed by atoms with Crippen LogP contribution in [0.5, 0.6) is 11.5 Å². The number of carbonyl (C=O) groups is 1. The second kappa shape index (κ2) is 12.6. The summed E-state index contributed by atoms with van der Waals surface area (Å²) in [6.45, 7) is 12.5. The Morgan fingerprint density at radius 3 is 2.53 bits per heavy atom. The third-order valence-corrected chi connectivity index (χ3v) is 12.9. The van der Waals surface area contributed by atoms with Crippen molar-refractivity contribution >= 4 is 20.0 Å². The average Bonchev–Trinajstić information content (AvgIpc) is 2.93. The van der Waals surface area contributed by atoms with Crippen LogP contribution in [0.4, 0.5) is 19.0 Å². The van der Waals surface area contributed by atoms with E-state index in [9.17, 15) is 23.2 Å². The molecule has 0 bridgehead atoms. The predicted molar refractivity (Wildman–Crippen MR) is 160 cm³/mol. The van der Waals surface area contributed by atoms with Crippen LogP contribution >= 0.6 is 0 Å². The van der Waals surface area contributed by atoms with Crippen molar-refractivity contribution in [3.63, 3.8) is 0 Å². The van der Waals surface area contributed by atoms with Gasteiger partial charge in [0.1, 0.15) is 23.1 Å². The van der Waals surface area contributed by atoms with E-state index in [1.807, 2.05) is 0 Å². The SMILES string of the molecule is CC(C(=O)Nc1ccc(Oc2ccc(F)cc2CO[Si](C)(C)C(C)(C)C)cn1)N1CCC(F)(F)[C@@H](c2cc[n+]([O-])cc2)C1. The summed E-state index contributed by atoms with van der Waals surface area (Å²) in [5, 5.41) is 14.1. The monoisotopic (exact) mass is 616 g/mol. The molecule has 4 rings (SSSR count). The van der Waals surface area contributed by atoms with Crippen LogP contribution in [-0.2, 0) is 15.8 Å². The molecule has 1 unspecified atom stereocenters. The quantitative estimate of drug-likeness (QED) is 0.165. The number of hydrogen-bond acceptors (Lipinski definition) is 6. The normalized spacial score (nSPS) is 18.2. The number of halogens is 3. The topological polar surface area (TPSA) is 90.6 Å². The van der Waals surface area contributed by atoms with Crippen LogP contribution in [0.15, 0.2) is 61.1 Å². The molecular formula is C31H39F3N4O4Si. The van der Waals surface area contributed by atoms with E-state index >= 15 is 0 Å². The minimum Gasteiger partial charge on any atom is -0.619 e. The van der Waals surface area contributed by atoms with E-state index in [4.69, 9.17) is 9.16 Å². The lowest BCUT2D eigenvalue weighted by Gasteiger charge is -2.40. The van der Waals surface area contributed by atoms with Gasteiger partial charge in [-0.2, -0.15) is 4.73 Å². The molecule has 1 saturated heterocycles. The first-order valence-corrected chi connectivity index (χ1v) is 17.1. The summed E-state index contributed by atoms with van der Waals surface area (Å²) in [6.07, 6.45) is 3.43. The molecule has 0 radical (unpaired) electrons. The molecule has 43 heavy (non-hydrogen) atoms. The van der Waals surface area contributed by atoms with Gasteiger partial charge in [0.15, 0.2) is 20.7 Å². The molecule has 12 heteroatoms. The molecule has 1 aliphatic rings. The van der Waals surface area contributed by atoms with E-state index in [-0.39, 0.29) is 36.5 Å². The molecule has 1 fully saturated rings. The lowest BCUT2D eigenvalue weighted by molar-refractivity contribution is -0.605. The number of ether oxygens (including phenoxy) is 1. The minimum absolute atomic E-state index is 0.00621. The van der Waals surface area contributed by atoms with Crippen LogP contribution in [0.3, 0.4) is 0 Å². The summed E-state index contributed by atoms with van der Waals surface area (Å²) in [5.41, 5.74) is 0.923. The molecule has 8 nitrogen and oxygen atoms in total. The molecule has 0 saturated carbocycles. The maximum atomic E-state index is 14.8. The summed E-state index contributed by atoms with van der Waals surface area (Å²) >= 11 is 0. The zero-order chi connectivity index (χ0) is 31.6. The van der Waals surface area contributed by atoms with E-state index in [2.05, 4.69) is 44.2 Å². The molecule has 1 aliphatic heterocycles. The Labute approximate surface area is 251 Å². The highest BCUT2D eigenvalue weighted by Gasteiger charge is 2.46. The Balaban J connectivity index is 1.39. The molecule has 1 aromatic carbocycles. The van der Waals surface area contributed by atoms with Crippen LogP contribution in [0.2, 0.25) is 18.1 Å². The van der Waals surface area contributed by atoms with Gasteiger partial charge in [-0.05, 0) is 61.0 Å². The summed E-state index contributed by atoms with van der Waals surface area (Å²) in [4.78, 5) is 19.0. The molecule has 2 atom stereocenters. The van der Waals surface area contributed by atoms with Crippen molar-refractivity contribution in [1.82, 2.24) is 9.88 Å². The van der Waals surface area contributed by atoms with Crippen LogP contribution in [0, 0.1) is 11.0 Å².